The van der Waals surface area contributed by atoms with Crippen LogP contribution in [0.1, 0.15) is 15.9 Å². The van der Waals surface area contributed by atoms with Crippen LogP contribution in [0.5, 0.6) is 0 Å². The summed E-state index contributed by atoms with van der Waals surface area (Å²) in [7, 11) is -4.66. The SMILES string of the molecule is O=C1C(=O)c2ccccc2C=C1S(=O)(=O)O.[K]. The van der Waals surface area contributed by atoms with Crippen molar-refractivity contribution in [1.82, 2.24) is 0 Å². The zero-order chi connectivity index (χ0) is 11.9. The van der Waals surface area contributed by atoms with Gasteiger partial charge in [-0.1, -0.05) is 24.3 Å². The number of Topliss-reactive ketones (excluding diaryl/α,β-unsaturated/α-hetero) is 2. The van der Waals surface area contributed by atoms with Crippen LogP contribution in [0.3, 0.4) is 0 Å². The van der Waals surface area contributed by atoms with Gasteiger partial charge in [0.25, 0.3) is 10.1 Å². The summed E-state index contributed by atoms with van der Waals surface area (Å²) in [5.41, 5.74) is 0.444. The molecular formula is C10H6KO5S. The van der Waals surface area contributed by atoms with Crippen molar-refractivity contribution in [3.8, 4) is 0 Å². The van der Waals surface area contributed by atoms with Crippen molar-refractivity contribution in [3.63, 3.8) is 0 Å². The number of benzene rings is 1. The molecule has 5 nitrogen and oxygen atoms in total. The molecule has 0 fully saturated rings. The van der Waals surface area contributed by atoms with E-state index in [0.717, 1.165) is 6.08 Å². The molecule has 7 heteroatoms. The monoisotopic (exact) mass is 277 g/mol. The van der Waals surface area contributed by atoms with Crippen LogP contribution in [0.25, 0.3) is 6.08 Å². The van der Waals surface area contributed by atoms with Crippen LogP contribution in [-0.2, 0) is 14.9 Å². The van der Waals surface area contributed by atoms with Gasteiger partial charge in [-0.3, -0.25) is 14.1 Å². The fourth-order valence-electron chi connectivity index (χ4n) is 1.46. The van der Waals surface area contributed by atoms with Crippen molar-refractivity contribution in [2.24, 2.45) is 0 Å². The number of hydrogen-bond donors (Lipinski definition) is 1. The first kappa shape index (κ1) is 14.9. The van der Waals surface area contributed by atoms with Gasteiger partial charge in [-0.05, 0) is 11.6 Å². The van der Waals surface area contributed by atoms with Crippen molar-refractivity contribution in [2.75, 3.05) is 0 Å². The summed E-state index contributed by atoms with van der Waals surface area (Å²) in [4.78, 5) is 22.0. The Balaban J connectivity index is 0.00000144. The van der Waals surface area contributed by atoms with Crippen LogP contribution >= 0.6 is 0 Å². The molecule has 1 aromatic rings. The van der Waals surface area contributed by atoms with Gasteiger partial charge in [0, 0.05) is 56.9 Å². The minimum absolute atomic E-state index is 0. The summed E-state index contributed by atoms with van der Waals surface area (Å²) in [6.07, 6.45) is 0.994. The topological polar surface area (TPSA) is 88.5 Å². The van der Waals surface area contributed by atoms with Gasteiger partial charge in [0.05, 0.1) is 0 Å². The second-order valence-electron chi connectivity index (χ2n) is 3.23. The summed E-state index contributed by atoms with van der Waals surface area (Å²) < 4.78 is 30.5. The maximum Gasteiger partial charge on any atom is 0.298 e. The summed E-state index contributed by atoms with van der Waals surface area (Å²) in [5.74, 6) is -2.13. The van der Waals surface area contributed by atoms with Crippen molar-refractivity contribution < 1.29 is 22.6 Å². The molecule has 0 aliphatic heterocycles. The molecule has 0 unspecified atom stereocenters. The molecule has 1 aliphatic rings. The Bertz CT molecular complexity index is 630. The number of allylic oxidation sites excluding steroid dienone is 1. The van der Waals surface area contributed by atoms with E-state index in [0.29, 0.717) is 5.56 Å². The van der Waals surface area contributed by atoms with E-state index >= 15 is 0 Å². The summed E-state index contributed by atoms with van der Waals surface area (Å²) in [6, 6.07) is 6.08. The molecule has 0 saturated carbocycles. The van der Waals surface area contributed by atoms with Gasteiger partial charge in [-0.2, -0.15) is 8.42 Å². The second-order valence-corrected chi connectivity index (χ2v) is 4.62. The smallest absolute Gasteiger partial charge is 0.285 e. The van der Waals surface area contributed by atoms with Crippen LogP contribution in [0.2, 0.25) is 0 Å². The third kappa shape index (κ3) is 2.82. The van der Waals surface area contributed by atoms with E-state index in [-0.39, 0.29) is 56.9 Å². The third-order valence-electron chi connectivity index (χ3n) is 2.20. The Labute approximate surface area is 140 Å². The van der Waals surface area contributed by atoms with Crippen LogP contribution < -0.4 is 0 Å². The molecule has 0 atom stereocenters. The molecule has 1 aliphatic carbocycles. The molecule has 1 aromatic carbocycles. The number of hydrogen-bond acceptors (Lipinski definition) is 4. The van der Waals surface area contributed by atoms with Gasteiger partial charge in [-0.15, -0.1) is 0 Å². The molecule has 17 heavy (non-hydrogen) atoms. The van der Waals surface area contributed by atoms with Gasteiger partial charge >= 0.3 is 0 Å². The normalized spacial score (nSPS) is 14.8. The Morgan fingerprint density at radius 1 is 1.00 bits per heavy atom. The Morgan fingerprint density at radius 3 is 2.18 bits per heavy atom. The fourth-order valence-corrected chi connectivity index (χ4v) is 2.07. The molecule has 0 saturated heterocycles. The van der Waals surface area contributed by atoms with Crippen molar-refractivity contribution in [2.45, 2.75) is 0 Å². The molecule has 0 heterocycles. The number of fused-ring (bicyclic) bond motifs is 1. The van der Waals surface area contributed by atoms with Gasteiger partial charge < -0.3 is 0 Å². The van der Waals surface area contributed by atoms with Gasteiger partial charge in [0.15, 0.2) is 0 Å². The minimum atomic E-state index is -4.66. The number of carbonyl (C=O) groups excluding carboxylic acids is 2. The average molecular weight is 277 g/mol. The van der Waals surface area contributed by atoms with E-state index in [1.54, 1.807) is 12.1 Å². The maximum absolute atomic E-state index is 11.5. The molecule has 0 bridgehead atoms. The van der Waals surface area contributed by atoms with E-state index in [2.05, 4.69) is 0 Å². The molecule has 0 aromatic heterocycles. The van der Waals surface area contributed by atoms with Crippen LogP contribution in [0, 0.1) is 0 Å². The fraction of sp³-hybridized carbons (Fsp3) is 0. The zero-order valence-corrected chi connectivity index (χ0v) is 12.8. The first-order chi connectivity index (χ1) is 7.41. The summed E-state index contributed by atoms with van der Waals surface area (Å²) in [6.45, 7) is 0. The van der Waals surface area contributed by atoms with Crippen LogP contribution in [0.4, 0.5) is 0 Å². The molecule has 0 spiro atoms. The quantitative estimate of drug-likeness (QED) is 0.453. The molecule has 2 rings (SSSR count). The number of carbonyl (C=O) groups is 2. The Morgan fingerprint density at radius 2 is 1.59 bits per heavy atom. The van der Waals surface area contributed by atoms with E-state index in [1.165, 1.54) is 12.1 Å². The van der Waals surface area contributed by atoms with Crippen LogP contribution in [-0.4, -0.2) is 75.9 Å². The molecule has 0 amide bonds. The molecule has 83 valence electrons. The first-order valence-electron chi connectivity index (χ1n) is 4.28. The maximum atomic E-state index is 11.5. The largest absolute Gasteiger partial charge is 0.298 e. The van der Waals surface area contributed by atoms with Gasteiger partial charge in [0.2, 0.25) is 11.6 Å². The summed E-state index contributed by atoms with van der Waals surface area (Å²) >= 11 is 0. The predicted molar refractivity (Wildman–Crippen MR) is 61.1 cm³/mol. The number of rotatable bonds is 1. The van der Waals surface area contributed by atoms with E-state index < -0.39 is 26.6 Å². The average Bonchev–Trinajstić information content (AvgIpc) is 2.22. The zero-order valence-electron chi connectivity index (χ0n) is 8.88. The Kier molecular flexibility index (Phi) is 4.58. The van der Waals surface area contributed by atoms with E-state index in [1.807, 2.05) is 0 Å². The standard InChI is InChI=1S/C10H6O5S.K/c11-9-7-4-2-1-3-6(7)5-8(10(9)12)16(13,14)15;/h1-5H,(H,13,14,15);. The first-order valence-corrected chi connectivity index (χ1v) is 5.72. The van der Waals surface area contributed by atoms with Crippen molar-refractivity contribution >= 4 is 79.1 Å². The Hall–Kier alpha value is -0.154. The third-order valence-corrected chi connectivity index (χ3v) is 3.06. The summed E-state index contributed by atoms with van der Waals surface area (Å²) in [5, 5.41) is 0. The second kappa shape index (κ2) is 5.23. The van der Waals surface area contributed by atoms with E-state index in [9.17, 15) is 18.0 Å². The van der Waals surface area contributed by atoms with Gasteiger partial charge in [-0.25, -0.2) is 0 Å². The molecule has 1 radical (unpaired) electrons. The molecular weight excluding hydrogens is 271 g/mol. The van der Waals surface area contributed by atoms with Crippen molar-refractivity contribution in [1.29, 1.82) is 0 Å². The molecule has 1 N–H and O–H groups in total. The number of ketones is 2. The predicted octanol–water partition coefficient (Wildman–Crippen LogP) is 0.300. The van der Waals surface area contributed by atoms with Gasteiger partial charge in [0.1, 0.15) is 4.91 Å². The minimum Gasteiger partial charge on any atom is -0.285 e. The van der Waals surface area contributed by atoms with Crippen LogP contribution in [0.15, 0.2) is 29.2 Å². The van der Waals surface area contributed by atoms with E-state index in [4.69, 9.17) is 4.55 Å². The van der Waals surface area contributed by atoms with Crippen molar-refractivity contribution in [3.05, 3.63) is 40.3 Å².